The van der Waals surface area contributed by atoms with Crippen LogP contribution < -0.4 is 14.8 Å². The fraction of sp³-hybridized carbons (Fsp3) is 0.375. The lowest BCUT2D eigenvalue weighted by Gasteiger charge is -2.33. The monoisotopic (exact) mass is 331 g/mol. The number of piperazine rings is 1. The van der Waals surface area contributed by atoms with E-state index in [-0.39, 0.29) is 18.7 Å². The number of thiazole rings is 1. The lowest BCUT2D eigenvalue weighted by atomic mass is 10.2. The smallest absolute Gasteiger partial charge is 0.273 e. The molecular weight excluding hydrogens is 314 g/mol. The van der Waals surface area contributed by atoms with E-state index in [2.05, 4.69) is 17.2 Å². The van der Waals surface area contributed by atoms with Crippen LogP contribution >= 0.6 is 11.3 Å². The zero-order chi connectivity index (χ0) is 15.8. The van der Waals surface area contributed by atoms with Gasteiger partial charge in [0.25, 0.3) is 5.91 Å². The molecule has 1 amide bonds. The van der Waals surface area contributed by atoms with Gasteiger partial charge in [0.2, 0.25) is 6.79 Å². The van der Waals surface area contributed by atoms with E-state index < -0.39 is 0 Å². The molecule has 3 heterocycles. The van der Waals surface area contributed by atoms with Crippen LogP contribution in [0.2, 0.25) is 0 Å². The predicted molar refractivity (Wildman–Crippen MR) is 87.0 cm³/mol. The lowest BCUT2D eigenvalue weighted by Crippen LogP contribution is -2.52. The SMILES string of the molecule is C[C@@H]1CNCCN1C(=O)c1csc(-c2ccc3c(c2)OCO3)n1. The minimum atomic E-state index is 0.00208. The molecule has 1 N–H and O–H groups in total. The van der Waals surface area contributed by atoms with Gasteiger partial charge in [0.15, 0.2) is 11.5 Å². The average molecular weight is 331 g/mol. The Hall–Kier alpha value is -2.12. The van der Waals surface area contributed by atoms with Crippen molar-refractivity contribution in [2.75, 3.05) is 26.4 Å². The van der Waals surface area contributed by atoms with Gasteiger partial charge in [-0.05, 0) is 25.1 Å². The first-order valence-electron chi connectivity index (χ1n) is 7.59. The molecule has 2 aromatic rings. The Morgan fingerprint density at radius 3 is 3.13 bits per heavy atom. The third kappa shape index (κ3) is 2.66. The van der Waals surface area contributed by atoms with Crippen LogP contribution in [0.15, 0.2) is 23.6 Å². The second-order valence-electron chi connectivity index (χ2n) is 5.66. The highest BCUT2D eigenvalue weighted by Crippen LogP contribution is 2.36. The van der Waals surface area contributed by atoms with Gasteiger partial charge < -0.3 is 19.7 Å². The summed E-state index contributed by atoms with van der Waals surface area (Å²) in [7, 11) is 0. The van der Waals surface area contributed by atoms with Gasteiger partial charge in [-0.3, -0.25) is 4.79 Å². The van der Waals surface area contributed by atoms with Crippen LogP contribution in [0.4, 0.5) is 0 Å². The van der Waals surface area contributed by atoms with Crippen LogP contribution in [0.3, 0.4) is 0 Å². The summed E-state index contributed by atoms with van der Waals surface area (Å²) in [6, 6.07) is 5.91. The number of hydrogen-bond acceptors (Lipinski definition) is 6. The highest BCUT2D eigenvalue weighted by atomic mass is 32.1. The van der Waals surface area contributed by atoms with Gasteiger partial charge in [-0.25, -0.2) is 4.98 Å². The van der Waals surface area contributed by atoms with Crippen molar-refractivity contribution in [1.82, 2.24) is 15.2 Å². The molecule has 0 aliphatic carbocycles. The molecule has 1 saturated heterocycles. The summed E-state index contributed by atoms with van der Waals surface area (Å²) >= 11 is 1.47. The van der Waals surface area contributed by atoms with E-state index in [1.807, 2.05) is 28.5 Å². The number of carbonyl (C=O) groups is 1. The van der Waals surface area contributed by atoms with E-state index in [0.717, 1.165) is 41.7 Å². The van der Waals surface area contributed by atoms with E-state index in [0.29, 0.717) is 5.69 Å². The first-order chi connectivity index (χ1) is 11.2. The topological polar surface area (TPSA) is 63.7 Å². The van der Waals surface area contributed by atoms with Crippen LogP contribution in [0.1, 0.15) is 17.4 Å². The van der Waals surface area contributed by atoms with Crippen molar-refractivity contribution in [2.45, 2.75) is 13.0 Å². The Labute approximate surface area is 138 Å². The maximum Gasteiger partial charge on any atom is 0.273 e. The largest absolute Gasteiger partial charge is 0.454 e. The minimum Gasteiger partial charge on any atom is -0.454 e. The number of fused-ring (bicyclic) bond motifs is 1. The molecule has 7 heteroatoms. The second-order valence-corrected chi connectivity index (χ2v) is 6.52. The average Bonchev–Trinajstić information content (AvgIpc) is 3.23. The Kier molecular flexibility index (Phi) is 3.66. The predicted octanol–water partition coefficient (Wildman–Crippen LogP) is 1.97. The van der Waals surface area contributed by atoms with Crippen LogP contribution in [0.25, 0.3) is 10.6 Å². The number of benzene rings is 1. The van der Waals surface area contributed by atoms with Gasteiger partial charge >= 0.3 is 0 Å². The maximum absolute atomic E-state index is 12.6. The Morgan fingerprint density at radius 2 is 2.26 bits per heavy atom. The first kappa shape index (κ1) is 14.5. The number of carbonyl (C=O) groups excluding carboxylic acids is 1. The van der Waals surface area contributed by atoms with Gasteiger partial charge in [-0.1, -0.05) is 0 Å². The van der Waals surface area contributed by atoms with Crippen molar-refractivity contribution in [1.29, 1.82) is 0 Å². The molecule has 2 aliphatic rings. The second kappa shape index (κ2) is 5.82. The zero-order valence-corrected chi connectivity index (χ0v) is 13.6. The fourth-order valence-corrected chi connectivity index (χ4v) is 3.61. The zero-order valence-electron chi connectivity index (χ0n) is 12.7. The molecule has 0 spiro atoms. The number of aromatic nitrogens is 1. The van der Waals surface area contributed by atoms with E-state index in [4.69, 9.17) is 9.47 Å². The normalized spacial score (nSPS) is 19.9. The fourth-order valence-electron chi connectivity index (χ4n) is 2.82. The highest BCUT2D eigenvalue weighted by molar-refractivity contribution is 7.13. The van der Waals surface area contributed by atoms with Crippen molar-refractivity contribution >= 4 is 17.2 Å². The van der Waals surface area contributed by atoms with Crippen LogP contribution in [-0.4, -0.2) is 48.3 Å². The van der Waals surface area contributed by atoms with Crippen LogP contribution in [0.5, 0.6) is 11.5 Å². The van der Waals surface area contributed by atoms with E-state index in [1.165, 1.54) is 11.3 Å². The number of amides is 1. The van der Waals surface area contributed by atoms with E-state index >= 15 is 0 Å². The molecule has 0 saturated carbocycles. The van der Waals surface area contributed by atoms with Gasteiger partial charge in [0.1, 0.15) is 10.7 Å². The number of ether oxygens (including phenoxy) is 2. The number of nitrogens with one attached hydrogen (secondary N) is 1. The Bertz CT molecular complexity index is 746. The molecule has 4 rings (SSSR count). The summed E-state index contributed by atoms with van der Waals surface area (Å²) in [4.78, 5) is 19.0. The molecule has 1 aromatic heterocycles. The third-order valence-corrected chi connectivity index (χ3v) is 5.00. The number of rotatable bonds is 2. The van der Waals surface area contributed by atoms with Gasteiger partial charge in [-0.2, -0.15) is 0 Å². The van der Waals surface area contributed by atoms with Crippen molar-refractivity contribution in [3.63, 3.8) is 0 Å². The highest BCUT2D eigenvalue weighted by Gasteiger charge is 2.26. The number of nitrogens with zero attached hydrogens (tertiary/aromatic N) is 2. The van der Waals surface area contributed by atoms with Gasteiger partial charge in [0, 0.05) is 36.6 Å². The molecule has 0 radical (unpaired) electrons. The third-order valence-electron chi connectivity index (χ3n) is 4.10. The quantitative estimate of drug-likeness (QED) is 0.911. The molecule has 1 aromatic carbocycles. The van der Waals surface area contributed by atoms with E-state index in [1.54, 1.807) is 0 Å². The molecule has 1 atom stereocenters. The summed E-state index contributed by atoms with van der Waals surface area (Å²) in [5.41, 5.74) is 1.45. The summed E-state index contributed by atoms with van der Waals surface area (Å²) in [6.07, 6.45) is 0. The molecule has 1 fully saturated rings. The molecule has 120 valence electrons. The molecular formula is C16H17N3O3S. The Balaban J connectivity index is 1.58. The van der Waals surface area contributed by atoms with Crippen LogP contribution in [0, 0.1) is 0 Å². The van der Waals surface area contributed by atoms with E-state index in [9.17, 15) is 4.79 Å². The minimum absolute atomic E-state index is 0.00208. The number of hydrogen-bond donors (Lipinski definition) is 1. The molecule has 0 unspecified atom stereocenters. The molecule has 23 heavy (non-hydrogen) atoms. The summed E-state index contributed by atoms with van der Waals surface area (Å²) < 4.78 is 10.7. The van der Waals surface area contributed by atoms with Gasteiger partial charge in [0.05, 0.1) is 0 Å². The van der Waals surface area contributed by atoms with Gasteiger partial charge in [-0.15, -0.1) is 11.3 Å². The van der Waals surface area contributed by atoms with Crippen molar-refractivity contribution in [3.8, 4) is 22.1 Å². The molecule has 0 bridgehead atoms. The van der Waals surface area contributed by atoms with Crippen molar-refractivity contribution < 1.29 is 14.3 Å². The Morgan fingerprint density at radius 1 is 1.39 bits per heavy atom. The first-order valence-corrected chi connectivity index (χ1v) is 8.47. The van der Waals surface area contributed by atoms with Crippen molar-refractivity contribution in [2.24, 2.45) is 0 Å². The maximum atomic E-state index is 12.6. The van der Waals surface area contributed by atoms with Crippen molar-refractivity contribution in [3.05, 3.63) is 29.3 Å². The summed E-state index contributed by atoms with van der Waals surface area (Å²) in [5, 5.41) is 5.93. The lowest BCUT2D eigenvalue weighted by molar-refractivity contribution is 0.0650. The van der Waals surface area contributed by atoms with Crippen LogP contribution in [-0.2, 0) is 0 Å². The summed E-state index contributed by atoms with van der Waals surface area (Å²) in [5.74, 6) is 1.47. The standard InChI is InChI=1S/C16H17N3O3S/c1-10-7-17-4-5-19(10)16(20)12-8-23-15(18-12)11-2-3-13-14(6-11)22-9-21-13/h2-3,6,8,10,17H,4-5,7,9H2,1H3/t10-/m1/s1. The molecule has 6 nitrogen and oxygen atoms in total. The summed E-state index contributed by atoms with van der Waals surface area (Å²) in [6.45, 7) is 4.67. The molecule has 2 aliphatic heterocycles.